The van der Waals surface area contributed by atoms with Gasteiger partial charge in [0.05, 0.1) is 20.3 Å². The Bertz CT molecular complexity index is 564. The molecule has 0 bridgehead atoms. The smallest absolute Gasteiger partial charge is 0.122 e. The first-order chi connectivity index (χ1) is 10.6. The van der Waals surface area contributed by atoms with Gasteiger partial charge in [-0.25, -0.2) is 0 Å². The quantitative estimate of drug-likeness (QED) is 0.825. The molecule has 2 aromatic carbocycles. The van der Waals surface area contributed by atoms with E-state index in [-0.39, 0.29) is 6.04 Å². The number of rotatable bonds is 7. The van der Waals surface area contributed by atoms with E-state index in [2.05, 4.69) is 5.32 Å². The van der Waals surface area contributed by atoms with Crippen molar-refractivity contribution >= 4 is 0 Å². The maximum Gasteiger partial charge on any atom is 0.122 e. The van der Waals surface area contributed by atoms with E-state index < -0.39 is 6.10 Å². The van der Waals surface area contributed by atoms with E-state index in [0.717, 1.165) is 22.6 Å². The van der Waals surface area contributed by atoms with E-state index in [4.69, 9.17) is 9.47 Å². The first-order valence-corrected chi connectivity index (χ1v) is 7.32. The van der Waals surface area contributed by atoms with Crippen LogP contribution in [0, 0.1) is 0 Å². The van der Waals surface area contributed by atoms with Gasteiger partial charge in [0.15, 0.2) is 0 Å². The fraction of sp³-hybridized carbons (Fsp3) is 0.333. The molecule has 0 radical (unpaired) electrons. The molecule has 0 aromatic heterocycles. The summed E-state index contributed by atoms with van der Waals surface area (Å²) in [7, 11) is 3.27. The Morgan fingerprint density at radius 3 is 2.14 bits per heavy atom. The van der Waals surface area contributed by atoms with Crippen molar-refractivity contribution in [3.05, 3.63) is 59.7 Å². The van der Waals surface area contributed by atoms with Gasteiger partial charge in [0.25, 0.3) is 0 Å². The number of aliphatic hydroxyl groups excluding tert-OH is 1. The number of hydrogen-bond acceptors (Lipinski definition) is 4. The highest BCUT2D eigenvalue weighted by molar-refractivity contribution is 5.38. The van der Waals surface area contributed by atoms with Gasteiger partial charge in [0, 0.05) is 18.7 Å². The van der Waals surface area contributed by atoms with Crippen molar-refractivity contribution in [1.29, 1.82) is 0 Å². The van der Waals surface area contributed by atoms with Crippen molar-refractivity contribution in [2.45, 2.75) is 25.6 Å². The zero-order valence-electron chi connectivity index (χ0n) is 13.2. The van der Waals surface area contributed by atoms with E-state index in [1.54, 1.807) is 14.2 Å². The number of hydrogen-bond donors (Lipinski definition) is 2. The average molecular weight is 301 g/mol. The van der Waals surface area contributed by atoms with Crippen LogP contribution in [0.15, 0.2) is 48.5 Å². The van der Waals surface area contributed by atoms with Crippen molar-refractivity contribution in [1.82, 2.24) is 5.32 Å². The first-order valence-electron chi connectivity index (χ1n) is 7.32. The summed E-state index contributed by atoms with van der Waals surface area (Å²) >= 11 is 0. The van der Waals surface area contributed by atoms with Crippen molar-refractivity contribution in [3.8, 4) is 11.5 Å². The number of benzene rings is 2. The minimum Gasteiger partial charge on any atom is -0.497 e. The van der Waals surface area contributed by atoms with Gasteiger partial charge in [0.1, 0.15) is 11.5 Å². The summed E-state index contributed by atoms with van der Waals surface area (Å²) in [4.78, 5) is 0. The van der Waals surface area contributed by atoms with Gasteiger partial charge in [-0.3, -0.25) is 0 Å². The molecule has 2 atom stereocenters. The molecule has 2 rings (SSSR count). The van der Waals surface area contributed by atoms with Crippen molar-refractivity contribution < 1.29 is 14.6 Å². The molecule has 0 spiro atoms. The lowest BCUT2D eigenvalue weighted by atomic mass is 10.0. The van der Waals surface area contributed by atoms with Crippen LogP contribution in [0.3, 0.4) is 0 Å². The van der Waals surface area contributed by atoms with Gasteiger partial charge in [0.2, 0.25) is 0 Å². The van der Waals surface area contributed by atoms with Crippen LogP contribution < -0.4 is 14.8 Å². The third kappa shape index (κ3) is 4.23. The molecule has 118 valence electrons. The van der Waals surface area contributed by atoms with Crippen molar-refractivity contribution in [3.63, 3.8) is 0 Å². The zero-order chi connectivity index (χ0) is 15.9. The summed E-state index contributed by atoms with van der Waals surface area (Å²) in [6.45, 7) is 2.59. The van der Waals surface area contributed by atoms with Crippen molar-refractivity contribution in [2.24, 2.45) is 0 Å². The summed E-state index contributed by atoms with van der Waals surface area (Å²) in [6.07, 6.45) is -0.547. The number of ether oxygens (including phenoxy) is 2. The van der Waals surface area contributed by atoms with Crippen LogP contribution in [0.25, 0.3) is 0 Å². The molecule has 0 aliphatic rings. The summed E-state index contributed by atoms with van der Waals surface area (Å²) in [5.74, 6) is 1.51. The average Bonchev–Trinajstić information content (AvgIpc) is 2.59. The molecule has 0 heterocycles. The number of aliphatic hydroxyl groups is 1. The van der Waals surface area contributed by atoms with Gasteiger partial charge in [-0.05, 0) is 30.2 Å². The third-order valence-corrected chi connectivity index (χ3v) is 3.65. The Kier molecular flexibility index (Phi) is 5.81. The van der Waals surface area contributed by atoms with E-state index in [1.807, 2.05) is 55.5 Å². The molecule has 0 amide bonds. The minimum atomic E-state index is -0.547. The second-order valence-corrected chi connectivity index (χ2v) is 5.25. The van der Waals surface area contributed by atoms with Gasteiger partial charge in [-0.15, -0.1) is 0 Å². The standard InChI is InChI=1S/C18H23NO3/c1-13(18(20)15-7-5-4-6-8-15)19-12-14-9-16(21-2)11-17(10-14)22-3/h4-11,13,18-20H,12H2,1-3H3/t13-,18?/m0/s1. The van der Waals surface area contributed by atoms with E-state index in [0.29, 0.717) is 6.54 Å². The molecule has 2 aromatic rings. The third-order valence-electron chi connectivity index (χ3n) is 3.65. The van der Waals surface area contributed by atoms with Crippen molar-refractivity contribution in [2.75, 3.05) is 14.2 Å². The van der Waals surface area contributed by atoms with E-state index >= 15 is 0 Å². The highest BCUT2D eigenvalue weighted by Gasteiger charge is 2.15. The molecular weight excluding hydrogens is 278 g/mol. The summed E-state index contributed by atoms with van der Waals surface area (Å²) in [5.41, 5.74) is 1.95. The number of methoxy groups -OCH3 is 2. The Labute approximate surface area is 131 Å². The van der Waals surface area contributed by atoms with Crippen LogP contribution in [0.1, 0.15) is 24.2 Å². The molecule has 0 saturated heterocycles. The minimum absolute atomic E-state index is 0.0698. The predicted molar refractivity (Wildman–Crippen MR) is 87.2 cm³/mol. The molecule has 4 heteroatoms. The molecule has 4 nitrogen and oxygen atoms in total. The molecule has 1 unspecified atom stereocenters. The van der Waals surface area contributed by atoms with Crippen LogP contribution in [0.5, 0.6) is 11.5 Å². The van der Waals surface area contributed by atoms with Gasteiger partial charge >= 0.3 is 0 Å². The fourth-order valence-electron chi connectivity index (χ4n) is 2.30. The molecule has 22 heavy (non-hydrogen) atoms. The largest absolute Gasteiger partial charge is 0.497 e. The summed E-state index contributed by atoms with van der Waals surface area (Å²) in [5, 5.41) is 13.7. The lowest BCUT2D eigenvalue weighted by molar-refractivity contribution is 0.135. The van der Waals surface area contributed by atoms with Gasteiger partial charge in [-0.2, -0.15) is 0 Å². The molecule has 0 aliphatic heterocycles. The molecular formula is C18H23NO3. The SMILES string of the molecule is COc1cc(CN[C@@H](C)C(O)c2ccccc2)cc(OC)c1. The lowest BCUT2D eigenvalue weighted by Gasteiger charge is -2.21. The zero-order valence-corrected chi connectivity index (χ0v) is 13.2. The van der Waals surface area contributed by atoms with E-state index in [9.17, 15) is 5.11 Å². The van der Waals surface area contributed by atoms with Crippen LogP contribution in [-0.4, -0.2) is 25.4 Å². The molecule has 0 fully saturated rings. The Morgan fingerprint density at radius 1 is 1.00 bits per heavy atom. The van der Waals surface area contributed by atoms with Crippen LogP contribution in [0.2, 0.25) is 0 Å². The van der Waals surface area contributed by atoms with Crippen LogP contribution in [0.4, 0.5) is 0 Å². The Hall–Kier alpha value is -2.04. The second-order valence-electron chi connectivity index (χ2n) is 5.25. The van der Waals surface area contributed by atoms with Crippen LogP contribution >= 0.6 is 0 Å². The van der Waals surface area contributed by atoms with Gasteiger partial charge < -0.3 is 19.9 Å². The molecule has 0 aliphatic carbocycles. The molecule has 0 saturated carbocycles. The van der Waals surface area contributed by atoms with Gasteiger partial charge in [-0.1, -0.05) is 30.3 Å². The summed E-state index contributed by atoms with van der Waals surface area (Å²) < 4.78 is 10.5. The van der Waals surface area contributed by atoms with E-state index in [1.165, 1.54) is 0 Å². The predicted octanol–water partition coefficient (Wildman–Crippen LogP) is 2.92. The Morgan fingerprint density at radius 2 is 1.59 bits per heavy atom. The summed E-state index contributed by atoms with van der Waals surface area (Å²) in [6, 6.07) is 15.3. The topological polar surface area (TPSA) is 50.7 Å². The number of nitrogens with one attached hydrogen (secondary N) is 1. The molecule has 2 N–H and O–H groups in total. The fourth-order valence-corrected chi connectivity index (χ4v) is 2.30. The highest BCUT2D eigenvalue weighted by atomic mass is 16.5. The lowest BCUT2D eigenvalue weighted by Crippen LogP contribution is -2.31. The second kappa shape index (κ2) is 7.82. The highest BCUT2D eigenvalue weighted by Crippen LogP contribution is 2.23. The van der Waals surface area contributed by atoms with Crippen LogP contribution in [-0.2, 0) is 6.54 Å². The maximum atomic E-state index is 10.4. The Balaban J connectivity index is 2.00. The monoisotopic (exact) mass is 301 g/mol. The first kappa shape index (κ1) is 16.3. The normalized spacial score (nSPS) is 13.5. The maximum absolute atomic E-state index is 10.4.